The van der Waals surface area contributed by atoms with Crippen molar-refractivity contribution in [3.63, 3.8) is 0 Å². The van der Waals surface area contributed by atoms with E-state index >= 15 is 0 Å². The Kier molecular flexibility index (Phi) is 7.41. The highest BCUT2D eigenvalue weighted by Gasteiger charge is 2.38. The number of alkyl halides is 3. The Morgan fingerprint density at radius 1 is 1.03 bits per heavy atom. The van der Waals surface area contributed by atoms with Crippen molar-refractivity contribution in [2.24, 2.45) is 0 Å². The number of likely N-dealkylation sites (tertiary alicyclic amines) is 1. The average molecular weight is 537 g/mol. The molecule has 10 heteroatoms. The van der Waals surface area contributed by atoms with Crippen LogP contribution < -0.4 is 5.32 Å². The summed E-state index contributed by atoms with van der Waals surface area (Å²) >= 11 is 0. The van der Waals surface area contributed by atoms with Gasteiger partial charge < -0.3 is 10.2 Å². The van der Waals surface area contributed by atoms with E-state index < -0.39 is 27.8 Å². The molecule has 2 amide bonds. The first kappa shape index (κ1) is 26.8. The van der Waals surface area contributed by atoms with Crippen molar-refractivity contribution < 1.29 is 31.4 Å². The monoisotopic (exact) mass is 536 g/mol. The van der Waals surface area contributed by atoms with Crippen LogP contribution in [0.3, 0.4) is 0 Å². The van der Waals surface area contributed by atoms with E-state index in [4.69, 9.17) is 0 Å². The molecule has 1 heterocycles. The molecule has 37 heavy (non-hydrogen) atoms. The van der Waals surface area contributed by atoms with Gasteiger partial charge >= 0.3 is 12.1 Å². The van der Waals surface area contributed by atoms with Gasteiger partial charge in [-0.05, 0) is 77.4 Å². The van der Waals surface area contributed by atoms with Crippen LogP contribution >= 0.6 is 0 Å². The Morgan fingerprint density at radius 2 is 1.73 bits per heavy atom. The lowest BCUT2D eigenvalue weighted by Crippen LogP contribution is -2.38. The summed E-state index contributed by atoms with van der Waals surface area (Å²) in [4.78, 5) is 26.7. The molecule has 0 saturated carbocycles. The fourth-order valence-corrected chi connectivity index (χ4v) is 5.97. The second-order valence-electron chi connectivity index (χ2n) is 9.67. The van der Waals surface area contributed by atoms with Crippen LogP contribution in [0, 0.1) is 5.82 Å². The van der Waals surface area contributed by atoms with Gasteiger partial charge in [-0.2, -0.15) is 13.2 Å². The van der Waals surface area contributed by atoms with Crippen LogP contribution in [0.1, 0.15) is 40.2 Å². The number of nitrogens with one attached hydrogen (secondary N) is 1. The Labute approximate surface area is 213 Å². The minimum absolute atomic E-state index is 0.147. The van der Waals surface area contributed by atoms with Gasteiger partial charge in [0.1, 0.15) is 5.82 Å². The van der Waals surface area contributed by atoms with E-state index in [2.05, 4.69) is 0 Å². The van der Waals surface area contributed by atoms with Crippen molar-refractivity contribution in [3.8, 4) is 0 Å². The topological polar surface area (TPSA) is 66.5 Å². The number of rotatable bonds is 5. The zero-order valence-corrected chi connectivity index (χ0v) is 21.3. The van der Waals surface area contributed by atoms with Crippen LogP contribution in [0.25, 0.3) is 10.8 Å². The minimum Gasteiger partial charge on any atom is -0.344 e. The fraction of sp³-hybridized carbons (Fsp3) is 0.333. The minimum atomic E-state index is -4.98. The molecule has 1 N–H and O–H groups in total. The van der Waals surface area contributed by atoms with E-state index in [0.717, 1.165) is 15.7 Å². The maximum atomic E-state index is 14.6. The van der Waals surface area contributed by atoms with Crippen molar-refractivity contribution >= 4 is 32.5 Å². The lowest BCUT2D eigenvalue weighted by molar-refractivity contribution is -0.173. The van der Waals surface area contributed by atoms with Gasteiger partial charge in [-0.3, -0.25) is 13.8 Å². The number of hydrogen-bond acceptors (Lipinski definition) is 3. The van der Waals surface area contributed by atoms with Crippen LogP contribution in [0.4, 0.5) is 17.6 Å². The summed E-state index contributed by atoms with van der Waals surface area (Å²) in [6.07, 6.45) is -0.574. The summed E-state index contributed by atoms with van der Waals surface area (Å²) in [6.45, 7) is 0.433. The van der Waals surface area contributed by atoms with Gasteiger partial charge in [-0.1, -0.05) is 40.3 Å². The predicted octanol–water partition coefficient (Wildman–Crippen LogP) is 4.81. The van der Waals surface area contributed by atoms with Crippen LogP contribution in [0.2, 0.25) is 0 Å². The van der Waals surface area contributed by atoms with Gasteiger partial charge in [0.25, 0.3) is 5.91 Å². The highest BCUT2D eigenvalue weighted by atomic mass is 32.2. The summed E-state index contributed by atoms with van der Waals surface area (Å²) in [5.41, 5.74) is 1.25. The Balaban J connectivity index is 1.44. The molecule has 1 aliphatic heterocycles. The van der Waals surface area contributed by atoms with E-state index in [1.807, 2.05) is 24.3 Å². The molecular weight excluding hydrogens is 508 g/mol. The van der Waals surface area contributed by atoms with Gasteiger partial charge in [0.15, 0.2) is 0 Å². The molecule has 4 rings (SSSR count). The standard InChI is InChI=1S/C27H28F4N2O3S/c1-37(2,36)24-5-3-4-19-15-20(7-8-21(19)24)25(34)33-12-10-18(11-13-33)22-14-17(6-9-23(22)28)16-32-26(35)27(29,30)31/h3-9,14-15,18,37H,10-13,16H2,1-2H3,(H,32,35). The first-order valence-corrected chi connectivity index (χ1v) is 14.5. The van der Waals surface area contributed by atoms with E-state index in [1.165, 1.54) is 18.2 Å². The SMILES string of the molecule is C[SH](C)(=O)c1cccc2cc(C(=O)N3CCC(c4cc(CNC(=O)C(F)(F)F)ccc4F)CC3)ccc12. The van der Waals surface area contributed by atoms with Crippen molar-refractivity contribution in [1.82, 2.24) is 10.2 Å². The highest BCUT2D eigenvalue weighted by molar-refractivity contribution is 8.02. The van der Waals surface area contributed by atoms with Crippen LogP contribution in [-0.2, 0) is 21.3 Å². The molecule has 3 aromatic rings. The number of benzene rings is 3. The first-order chi connectivity index (χ1) is 17.3. The zero-order chi connectivity index (χ0) is 27.0. The maximum absolute atomic E-state index is 14.6. The van der Waals surface area contributed by atoms with E-state index in [1.54, 1.807) is 34.9 Å². The molecule has 198 valence electrons. The number of fused-ring (bicyclic) bond motifs is 1. The molecule has 0 atom stereocenters. The normalized spacial score (nSPS) is 15.6. The number of thiol groups is 1. The third-order valence-electron chi connectivity index (χ3n) is 6.68. The Morgan fingerprint density at radius 3 is 2.38 bits per heavy atom. The number of amides is 2. The molecule has 0 aliphatic carbocycles. The second-order valence-corrected chi connectivity index (χ2v) is 12.9. The van der Waals surface area contributed by atoms with E-state index in [0.29, 0.717) is 42.6 Å². The van der Waals surface area contributed by atoms with Crippen LogP contribution in [0.5, 0.6) is 0 Å². The molecule has 5 nitrogen and oxygen atoms in total. The number of carbonyl (C=O) groups excluding carboxylic acids is 2. The summed E-state index contributed by atoms with van der Waals surface area (Å²) in [5, 5.41) is 3.48. The van der Waals surface area contributed by atoms with Gasteiger partial charge in [0, 0.05) is 30.1 Å². The Bertz CT molecular complexity index is 1390. The number of hydrogen-bond donors (Lipinski definition) is 2. The molecule has 0 radical (unpaired) electrons. The molecule has 1 aliphatic rings. The van der Waals surface area contributed by atoms with Gasteiger partial charge in [-0.15, -0.1) is 0 Å². The molecule has 0 unspecified atom stereocenters. The number of carbonyl (C=O) groups is 2. The summed E-state index contributed by atoms with van der Waals surface area (Å²) < 4.78 is 64.5. The Hall–Kier alpha value is -3.27. The summed E-state index contributed by atoms with van der Waals surface area (Å²) in [7, 11) is -2.49. The van der Waals surface area contributed by atoms with Gasteiger partial charge in [0.2, 0.25) is 0 Å². The summed E-state index contributed by atoms with van der Waals surface area (Å²) in [6, 6.07) is 14.9. The smallest absolute Gasteiger partial charge is 0.344 e. The first-order valence-electron chi connectivity index (χ1n) is 11.9. The molecule has 0 bridgehead atoms. The van der Waals surface area contributed by atoms with Crippen LogP contribution in [-0.4, -0.2) is 52.7 Å². The molecular formula is C27H28F4N2O3S. The van der Waals surface area contributed by atoms with Crippen LogP contribution in [0.15, 0.2) is 59.5 Å². The van der Waals surface area contributed by atoms with E-state index in [9.17, 15) is 31.4 Å². The lowest BCUT2D eigenvalue weighted by atomic mass is 9.88. The quantitative estimate of drug-likeness (QED) is 0.363. The average Bonchev–Trinajstić information content (AvgIpc) is 2.86. The number of piperidine rings is 1. The molecule has 0 spiro atoms. The van der Waals surface area contributed by atoms with E-state index in [-0.39, 0.29) is 18.4 Å². The van der Waals surface area contributed by atoms with Crippen molar-refractivity contribution in [1.29, 1.82) is 0 Å². The molecule has 3 aromatic carbocycles. The van der Waals surface area contributed by atoms with Gasteiger partial charge in [-0.25, -0.2) is 4.39 Å². The van der Waals surface area contributed by atoms with Crippen molar-refractivity contribution in [2.45, 2.75) is 36.4 Å². The second kappa shape index (κ2) is 10.2. The van der Waals surface area contributed by atoms with Gasteiger partial charge in [0.05, 0.1) is 0 Å². The number of halogens is 4. The molecule has 1 saturated heterocycles. The maximum Gasteiger partial charge on any atom is 0.471 e. The highest BCUT2D eigenvalue weighted by Crippen LogP contribution is 2.32. The third-order valence-corrected chi connectivity index (χ3v) is 8.23. The summed E-state index contributed by atoms with van der Waals surface area (Å²) in [5.74, 6) is -2.87. The largest absolute Gasteiger partial charge is 0.471 e. The fourth-order valence-electron chi connectivity index (χ4n) is 4.74. The third kappa shape index (κ3) is 6.01. The predicted molar refractivity (Wildman–Crippen MR) is 136 cm³/mol. The van der Waals surface area contributed by atoms with Crippen molar-refractivity contribution in [3.05, 3.63) is 77.1 Å². The zero-order valence-electron chi connectivity index (χ0n) is 20.4. The molecule has 0 aromatic heterocycles. The number of nitrogens with zero attached hydrogens (tertiary/aromatic N) is 1. The lowest BCUT2D eigenvalue weighted by Gasteiger charge is -2.32. The van der Waals surface area contributed by atoms with Crippen molar-refractivity contribution in [2.75, 3.05) is 25.6 Å². The molecule has 1 fully saturated rings.